The van der Waals surface area contributed by atoms with Crippen LogP contribution in [0.15, 0.2) is 12.3 Å². The first-order chi connectivity index (χ1) is 9.52. The molecule has 1 aliphatic rings. The maximum Gasteiger partial charge on any atom is 0.131 e. The number of piperidine rings is 1. The predicted octanol–water partition coefficient (Wildman–Crippen LogP) is 3.37. The Morgan fingerprint density at radius 3 is 2.75 bits per heavy atom. The van der Waals surface area contributed by atoms with Crippen LogP contribution in [0.5, 0.6) is 0 Å². The molecule has 1 saturated heterocycles. The van der Waals surface area contributed by atoms with Gasteiger partial charge in [-0.2, -0.15) is 0 Å². The summed E-state index contributed by atoms with van der Waals surface area (Å²) in [5.74, 6) is 2.67. The van der Waals surface area contributed by atoms with Crippen LogP contribution in [0.3, 0.4) is 0 Å². The summed E-state index contributed by atoms with van der Waals surface area (Å²) in [4.78, 5) is 7.27. The maximum absolute atomic E-state index is 4.76. The molecule has 1 aromatic rings. The van der Waals surface area contributed by atoms with Gasteiger partial charge in [0.05, 0.1) is 0 Å². The molecule has 0 aromatic carbocycles. The minimum Gasteiger partial charge on any atom is -0.353 e. The van der Waals surface area contributed by atoms with Crippen molar-refractivity contribution in [3.8, 4) is 0 Å². The molecular formula is C17H29N3. The highest BCUT2D eigenvalue weighted by Crippen LogP contribution is 2.31. The molecule has 0 bridgehead atoms. The molecule has 112 valence electrons. The highest BCUT2D eigenvalue weighted by Gasteiger charge is 2.30. The molecule has 0 amide bonds. The van der Waals surface area contributed by atoms with Crippen LogP contribution in [0.4, 0.5) is 5.82 Å². The lowest BCUT2D eigenvalue weighted by atomic mass is 9.86. The average Bonchev–Trinajstić information content (AvgIpc) is 2.41. The summed E-state index contributed by atoms with van der Waals surface area (Å²) in [6.45, 7) is 14.4. The fourth-order valence-corrected chi connectivity index (χ4v) is 3.29. The van der Waals surface area contributed by atoms with E-state index in [1.165, 1.54) is 23.4 Å². The van der Waals surface area contributed by atoms with Crippen LogP contribution < -0.4 is 10.2 Å². The second-order valence-corrected chi connectivity index (χ2v) is 6.48. The lowest BCUT2D eigenvalue weighted by Gasteiger charge is -2.42. The Morgan fingerprint density at radius 1 is 1.35 bits per heavy atom. The largest absolute Gasteiger partial charge is 0.353 e. The van der Waals surface area contributed by atoms with Crippen molar-refractivity contribution in [2.45, 2.75) is 53.6 Å². The average molecular weight is 275 g/mol. The van der Waals surface area contributed by atoms with Gasteiger partial charge in [0.1, 0.15) is 5.82 Å². The predicted molar refractivity (Wildman–Crippen MR) is 86.1 cm³/mol. The zero-order chi connectivity index (χ0) is 14.7. The highest BCUT2D eigenvalue weighted by molar-refractivity contribution is 5.49. The Bertz CT molecular complexity index is 444. The van der Waals surface area contributed by atoms with Crippen LogP contribution >= 0.6 is 0 Å². The van der Waals surface area contributed by atoms with E-state index in [1.807, 2.05) is 6.20 Å². The van der Waals surface area contributed by atoms with Crippen molar-refractivity contribution < 1.29 is 0 Å². The van der Waals surface area contributed by atoms with Gasteiger partial charge in [-0.3, -0.25) is 0 Å². The van der Waals surface area contributed by atoms with Crippen molar-refractivity contribution in [1.82, 2.24) is 10.3 Å². The monoisotopic (exact) mass is 275 g/mol. The van der Waals surface area contributed by atoms with Crippen molar-refractivity contribution in [3.63, 3.8) is 0 Å². The number of nitrogens with zero attached hydrogens (tertiary/aromatic N) is 2. The van der Waals surface area contributed by atoms with E-state index in [0.717, 1.165) is 31.5 Å². The molecule has 3 heteroatoms. The third kappa shape index (κ3) is 3.32. The number of pyridine rings is 1. The normalized spacial score (nSPS) is 26.9. The van der Waals surface area contributed by atoms with Crippen molar-refractivity contribution in [2.75, 3.05) is 18.0 Å². The van der Waals surface area contributed by atoms with Crippen LogP contribution in [0.25, 0.3) is 0 Å². The molecule has 3 nitrogen and oxygen atoms in total. The lowest BCUT2D eigenvalue weighted by molar-refractivity contribution is 0.295. The molecule has 1 aromatic heterocycles. The molecule has 1 aliphatic heterocycles. The molecule has 0 radical (unpaired) electrons. The summed E-state index contributed by atoms with van der Waals surface area (Å²) in [6, 6.07) is 2.86. The Balaban J connectivity index is 2.19. The number of aromatic nitrogens is 1. The second-order valence-electron chi connectivity index (χ2n) is 6.48. The van der Waals surface area contributed by atoms with Crippen molar-refractivity contribution in [1.29, 1.82) is 0 Å². The Hall–Kier alpha value is -1.09. The van der Waals surface area contributed by atoms with E-state index in [4.69, 9.17) is 4.98 Å². The summed E-state index contributed by atoms with van der Waals surface area (Å²) in [5.41, 5.74) is 2.58. The minimum atomic E-state index is 0.581. The first-order valence-corrected chi connectivity index (χ1v) is 7.95. The molecule has 3 unspecified atom stereocenters. The summed E-state index contributed by atoms with van der Waals surface area (Å²) >= 11 is 0. The van der Waals surface area contributed by atoms with E-state index in [1.54, 1.807) is 0 Å². The van der Waals surface area contributed by atoms with Gasteiger partial charge in [-0.25, -0.2) is 4.98 Å². The Kier molecular flexibility index (Phi) is 5.03. The third-order valence-electron chi connectivity index (χ3n) is 4.56. The molecule has 3 atom stereocenters. The third-order valence-corrected chi connectivity index (χ3v) is 4.56. The zero-order valence-electron chi connectivity index (χ0n) is 13.6. The summed E-state index contributed by atoms with van der Waals surface area (Å²) in [5, 5.41) is 3.36. The molecule has 0 aliphatic carbocycles. The number of rotatable bonds is 4. The summed E-state index contributed by atoms with van der Waals surface area (Å²) in [7, 11) is 0. The number of aryl methyl sites for hydroxylation is 1. The lowest BCUT2D eigenvalue weighted by Crippen LogP contribution is -2.46. The number of nitrogens with one attached hydrogen (secondary N) is 1. The van der Waals surface area contributed by atoms with Gasteiger partial charge in [0, 0.05) is 25.3 Å². The fourth-order valence-electron chi connectivity index (χ4n) is 3.29. The number of anilines is 1. The molecule has 2 heterocycles. The van der Waals surface area contributed by atoms with Crippen molar-refractivity contribution in [2.24, 2.45) is 11.8 Å². The maximum atomic E-state index is 4.76. The molecule has 0 spiro atoms. The molecular weight excluding hydrogens is 246 g/mol. The first kappa shape index (κ1) is 15.3. The van der Waals surface area contributed by atoms with Gasteiger partial charge in [-0.1, -0.05) is 20.8 Å². The van der Waals surface area contributed by atoms with E-state index in [-0.39, 0.29) is 0 Å². The number of hydrogen-bond acceptors (Lipinski definition) is 3. The van der Waals surface area contributed by atoms with Gasteiger partial charge in [0.25, 0.3) is 0 Å². The number of hydrogen-bond donors (Lipinski definition) is 1. The first-order valence-electron chi connectivity index (χ1n) is 7.95. The van der Waals surface area contributed by atoms with Gasteiger partial charge < -0.3 is 10.2 Å². The summed E-state index contributed by atoms with van der Waals surface area (Å²) in [6.07, 6.45) is 3.36. The smallest absolute Gasteiger partial charge is 0.131 e. The Labute approximate surface area is 123 Å². The van der Waals surface area contributed by atoms with Crippen LogP contribution in [-0.4, -0.2) is 24.1 Å². The molecule has 2 rings (SSSR count). The molecule has 1 fully saturated rings. The fraction of sp³-hybridized carbons (Fsp3) is 0.706. The van der Waals surface area contributed by atoms with Crippen LogP contribution in [0.1, 0.15) is 45.2 Å². The topological polar surface area (TPSA) is 28.2 Å². The van der Waals surface area contributed by atoms with E-state index in [2.05, 4.69) is 50.9 Å². The van der Waals surface area contributed by atoms with Gasteiger partial charge in [0.15, 0.2) is 0 Å². The van der Waals surface area contributed by atoms with Crippen molar-refractivity contribution in [3.05, 3.63) is 23.4 Å². The van der Waals surface area contributed by atoms with E-state index < -0.39 is 0 Å². The molecule has 0 saturated carbocycles. The van der Waals surface area contributed by atoms with E-state index >= 15 is 0 Å². The second kappa shape index (κ2) is 6.57. The highest BCUT2D eigenvalue weighted by atomic mass is 15.2. The summed E-state index contributed by atoms with van der Waals surface area (Å²) < 4.78 is 0. The minimum absolute atomic E-state index is 0.581. The van der Waals surface area contributed by atoms with E-state index in [9.17, 15) is 0 Å². The van der Waals surface area contributed by atoms with E-state index in [0.29, 0.717) is 6.04 Å². The van der Waals surface area contributed by atoms with Crippen LogP contribution in [0, 0.1) is 18.8 Å². The van der Waals surface area contributed by atoms with Crippen LogP contribution in [-0.2, 0) is 6.54 Å². The standard InChI is InChI=1S/C17H29N3/c1-6-18-9-16-8-14(4)17(19-10-16)20-11-12(2)7-13(3)15(20)5/h8,10,12-13,15,18H,6-7,9,11H2,1-5H3. The molecule has 20 heavy (non-hydrogen) atoms. The van der Waals surface area contributed by atoms with Gasteiger partial charge in [-0.05, 0) is 55.8 Å². The quantitative estimate of drug-likeness (QED) is 0.913. The molecule has 1 N–H and O–H groups in total. The van der Waals surface area contributed by atoms with Crippen LogP contribution in [0.2, 0.25) is 0 Å². The van der Waals surface area contributed by atoms with Crippen molar-refractivity contribution >= 4 is 5.82 Å². The Morgan fingerprint density at radius 2 is 2.10 bits per heavy atom. The van der Waals surface area contributed by atoms with Gasteiger partial charge in [-0.15, -0.1) is 0 Å². The SMILES string of the molecule is CCNCc1cnc(N2CC(C)CC(C)C2C)c(C)c1. The van der Waals surface area contributed by atoms with Gasteiger partial charge >= 0.3 is 0 Å². The zero-order valence-corrected chi connectivity index (χ0v) is 13.6. The van der Waals surface area contributed by atoms with Gasteiger partial charge in [0.2, 0.25) is 0 Å².